The largest absolute Gasteiger partial charge is 0.0660 e. The van der Waals surface area contributed by atoms with Crippen molar-refractivity contribution in [3.05, 3.63) is 47.5 Å². The van der Waals surface area contributed by atoms with E-state index in [1.165, 1.54) is 24.0 Å². The second-order valence-electron chi connectivity index (χ2n) is 3.77. The summed E-state index contributed by atoms with van der Waals surface area (Å²) in [6, 6.07) is 10.8. The van der Waals surface area contributed by atoms with Crippen LogP contribution in [0.15, 0.2) is 36.4 Å². The van der Waals surface area contributed by atoms with Crippen LogP contribution < -0.4 is 0 Å². The first-order valence-electron chi connectivity index (χ1n) is 4.53. The zero-order chi connectivity index (χ0) is 8.02. The third kappa shape index (κ3) is 0.699. The second-order valence-corrected chi connectivity index (χ2v) is 3.77. The van der Waals surface area contributed by atoms with E-state index in [1.54, 1.807) is 0 Å². The van der Waals surface area contributed by atoms with Crippen molar-refractivity contribution in [3.8, 4) is 0 Å². The fraction of sp³-hybridized carbons (Fsp3) is 0.250. The molecule has 0 aliphatic heterocycles. The van der Waals surface area contributed by atoms with Crippen molar-refractivity contribution in [3.63, 3.8) is 0 Å². The van der Waals surface area contributed by atoms with Gasteiger partial charge in [-0.1, -0.05) is 0 Å². The van der Waals surface area contributed by atoms with E-state index in [-0.39, 0.29) is 0 Å². The maximum atomic E-state index is 2.37. The minimum Gasteiger partial charge on any atom is -0.0274 e. The molecule has 1 fully saturated rings. The highest BCUT2D eigenvalue weighted by atomic mass is 14.5. The molecule has 0 nitrogen and oxygen atoms in total. The second kappa shape index (κ2) is 1.95. The fourth-order valence-electron chi connectivity index (χ4n) is 2.07. The van der Waals surface area contributed by atoms with Gasteiger partial charge in [0, 0.05) is 24.3 Å². The smallest absolute Gasteiger partial charge is 0.0274 e. The van der Waals surface area contributed by atoms with Crippen molar-refractivity contribution in [1.82, 2.24) is 0 Å². The molecule has 58 valence electrons. The molecule has 1 saturated carbocycles. The van der Waals surface area contributed by atoms with E-state index < -0.39 is 0 Å². The van der Waals surface area contributed by atoms with Crippen molar-refractivity contribution < 1.29 is 0 Å². The van der Waals surface area contributed by atoms with Gasteiger partial charge in [-0.3, -0.25) is 0 Å². The van der Waals surface area contributed by atoms with Crippen molar-refractivity contribution in [2.24, 2.45) is 0 Å². The molecule has 0 amide bonds. The Hall–Kier alpha value is -1.17. The summed E-state index contributed by atoms with van der Waals surface area (Å²) >= 11 is 0. The van der Waals surface area contributed by atoms with Crippen LogP contribution in [0.25, 0.3) is 6.08 Å². The summed E-state index contributed by atoms with van der Waals surface area (Å²) < 4.78 is 0. The molecule has 3 rings (SSSR count). The lowest BCUT2D eigenvalue weighted by Gasteiger charge is -1.96. The summed E-state index contributed by atoms with van der Waals surface area (Å²) in [5, 5.41) is 0. The average molecular weight is 155 g/mol. The number of hydrogen-bond acceptors (Lipinski definition) is 0. The van der Waals surface area contributed by atoms with Crippen LogP contribution in [0.1, 0.15) is 24.0 Å². The van der Waals surface area contributed by atoms with E-state index in [9.17, 15) is 0 Å². The van der Waals surface area contributed by atoms with Gasteiger partial charge in [0.25, 0.3) is 0 Å². The predicted octanol–water partition coefficient (Wildman–Crippen LogP) is 3.03. The van der Waals surface area contributed by atoms with Gasteiger partial charge in [0.05, 0.1) is 16.5 Å². The first-order chi connectivity index (χ1) is 5.91. The van der Waals surface area contributed by atoms with Gasteiger partial charge in [-0.2, -0.15) is 0 Å². The maximum absolute atomic E-state index is 2.37. The summed E-state index contributed by atoms with van der Waals surface area (Å²) in [4.78, 5) is 0. The van der Waals surface area contributed by atoms with Gasteiger partial charge >= 0.3 is 0 Å². The Kier molecular flexibility index (Phi) is 1.03. The lowest BCUT2D eigenvalue weighted by atomic mass is 10.0. The topological polar surface area (TPSA) is 0 Å². The molecule has 0 atom stereocenters. The standard InChI is InChI=1S/C12H11/c1-2-4-10-6-7-12(8-9-12)11(10)5-3-1/h1-7H,8-9H2/q+1. The monoisotopic (exact) mass is 155 g/mol. The highest BCUT2D eigenvalue weighted by Gasteiger charge is 2.49. The van der Waals surface area contributed by atoms with Crippen molar-refractivity contribution in [2.45, 2.75) is 18.3 Å². The van der Waals surface area contributed by atoms with Crippen LogP contribution in [0.3, 0.4) is 0 Å². The molecule has 0 aromatic heterocycles. The molecular weight excluding hydrogens is 144 g/mol. The summed E-state index contributed by atoms with van der Waals surface area (Å²) in [7, 11) is 0. The molecule has 0 N–H and O–H groups in total. The average Bonchev–Trinajstić information content (AvgIpc) is 2.77. The maximum Gasteiger partial charge on any atom is 0.0660 e. The number of hydrogen-bond donors (Lipinski definition) is 0. The van der Waals surface area contributed by atoms with E-state index in [2.05, 4.69) is 42.5 Å². The molecular formula is C12H11+. The Morgan fingerprint density at radius 3 is 2.92 bits per heavy atom. The van der Waals surface area contributed by atoms with Gasteiger partial charge in [0.15, 0.2) is 0 Å². The zero-order valence-corrected chi connectivity index (χ0v) is 6.96. The normalized spacial score (nSPS) is 21.0. The van der Waals surface area contributed by atoms with Crippen molar-refractivity contribution in [1.29, 1.82) is 0 Å². The number of allylic oxidation sites excluding steroid dienone is 1. The van der Waals surface area contributed by atoms with Crippen LogP contribution >= 0.6 is 0 Å². The van der Waals surface area contributed by atoms with Crippen LogP contribution in [0, 0.1) is 0 Å². The Labute approximate surface area is 72.6 Å². The molecule has 0 bridgehead atoms. The van der Waals surface area contributed by atoms with E-state index in [0.717, 1.165) is 0 Å². The van der Waals surface area contributed by atoms with Gasteiger partial charge in [0.1, 0.15) is 0 Å². The van der Waals surface area contributed by atoms with Crippen LogP contribution in [0.5, 0.6) is 0 Å². The van der Waals surface area contributed by atoms with Crippen molar-refractivity contribution in [2.75, 3.05) is 0 Å². The molecule has 2 aliphatic carbocycles. The molecule has 0 heteroatoms. The molecule has 0 radical (unpaired) electrons. The van der Waals surface area contributed by atoms with E-state index in [0.29, 0.717) is 5.41 Å². The minimum absolute atomic E-state index is 0.467. The first-order valence-corrected chi connectivity index (χ1v) is 4.53. The summed E-state index contributed by atoms with van der Waals surface area (Å²) in [5.74, 6) is 0. The summed E-state index contributed by atoms with van der Waals surface area (Å²) in [5.41, 5.74) is 3.42. The quantitative estimate of drug-likeness (QED) is 0.505. The highest BCUT2D eigenvalue weighted by Crippen LogP contribution is 2.53. The zero-order valence-electron chi connectivity index (χ0n) is 6.96. The molecule has 0 saturated heterocycles. The lowest BCUT2D eigenvalue weighted by molar-refractivity contribution is 0.915. The van der Waals surface area contributed by atoms with Crippen molar-refractivity contribution >= 4 is 6.08 Å². The molecule has 2 aliphatic rings. The molecule has 1 spiro atoms. The molecule has 1 aromatic carbocycles. The van der Waals surface area contributed by atoms with Gasteiger partial charge in [-0.05, 0) is 31.1 Å². The highest BCUT2D eigenvalue weighted by molar-refractivity contribution is 5.66. The lowest BCUT2D eigenvalue weighted by Crippen LogP contribution is -1.96. The van der Waals surface area contributed by atoms with Gasteiger partial charge in [0.2, 0.25) is 0 Å². The third-order valence-corrected chi connectivity index (χ3v) is 2.98. The van der Waals surface area contributed by atoms with Gasteiger partial charge in [-0.15, -0.1) is 0 Å². The number of fused-ring (bicyclic) bond motifs is 2. The van der Waals surface area contributed by atoms with E-state index in [1.807, 2.05) is 0 Å². The predicted molar refractivity (Wildman–Crippen MR) is 50.8 cm³/mol. The molecule has 1 aromatic rings. The summed E-state index contributed by atoms with van der Waals surface area (Å²) in [6.45, 7) is 0. The van der Waals surface area contributed by atoms with Crippen LogP contribution in [0.2, 0.25) is 0 Å². The Morgan fingerprint density at radius 2 is 2.08 bits per heavy atom. The first kappa shape index (κ1) is 6.36. The Morgan fingerprint density at radius 1 is 1.17 bits per heavy atom. The molecule has 12 heavy (non-hydrogen) atoms. The SMILES string of the molecule is C1=CC2(CC2)c2ccccc[c+]21. The minimum atomic E-state index is 0.467. The van der Waals surface area contributed by atoms with Crippen LogP contribution in [-0.2, 0) is 5.41 Å². The van der Waals surface area contributed by atoms with Crippen LogP contribution in [0.4, 0.5) is 0 Å². The van der Waals surface area contributed by atoms with Gasteiger partial charge in [-0.25, -0.2) is 0 Å². The van der Waals surface area contributed by atoms with Crippen LogP contribution in [-0.4, -0.2) is 0 Å². The summed E-state index contributed by atoms with van der Waals surface area (Å²) in [6.07, 6.45) is 7.33. The number of rotatable bonds is 0. The fourth-order valence-corrected chi connectivity index (χ4v) is 2.07. The molecule has 0 unspecified atom stereocenters. The Balaban J connectivity index is 2.29. The molecule has 0 heterocycles. The van der Waals surface area contributed by atoms with E-state index in [4.69, 9.17) is 0 Å². The van der Waals surface area contributed by atoms with E-state index >= 15 is 0 Å². The van der Waals surface area contributed by atoms with Gasteiger partial charge < -0.3 is 0 Å². The Bertz CT molecular complexity index is 362. The third-order valence-electron chi connectivity index (χ3n) is 2.98.